The van der Waals surface area contributed by atoms with E-state index in [0.717, 1.165) is 26.6 Å². The summed E-state index contributed by atoms with van der Waals surface area (Å²) in [5.74, 6) is -0.156. The summed E-state index contributed by atoms with van der Waals surface area (Å²) >= 11 is 0. The van der Waals surface area contributed by atoms with Crippen molar-refractivity contribution < 1.29 is 22.7 Å². The van der Waals surface area contributed by atoms with Crippen molar-refractivity contribution in [1.82, 2.24) is 10.2 Å². The van der Waals surface area contributed by atoms with Crippen LogP contribution >= 0.6 is 0 Å². The minimum Gasteiger partial charge on any atom is -0.497 e. The number of sulfonamides is 1. The number of carbonyl (C=O) groups is 2. The van der Waals surface area contributed by atoms with Crippen LogP contribution in [0, 0.1) is 20.8 Å². The van der Waals surface area contributed by atoms with Crippen LogP contribution in [0.2, 0.25) is 0 Å². The summed E-state index contributed by atoms with van der Waals surface area (Å²) < 4.78 is 34.2. The average Bonchev–Trinajstić information content (AvgIpc) is 2.89. The Labute approximate surface area is 231 Å². The molecule has 0 fully saturated rings. The van der Waals surface area contributed by atoms with Crippen molar-refractivity contribution in [3.05, 3.63) is 89.0 Å². The molecule has 0 aliphatic carbocycles. The summed E-state index contributed by atoms with van der Waals surface area (Å²) in [7, 11) is -2.53. The molecule has 1 N–H and O–H groups in total. The first-order valence-corrected chi connectivity index (χ1v) is 14.3. The van der Waals surface area contributed by atoms with Crippen molar-refractivity contribution in [2.24, 2.45) is 0 Å². The molecule has 0 aliphatic heterocycles. The van der Waals surface area contributed by atoms with E-state index < -0.39 is 28.5 Å². The molecule has 39 heavy (non-hydrogen) atoms. The number of anilines is 1. The zero-order valence-electron chi connectivity index (χ0n) is 23.4. The van der Waals surface area contributed by atoms with Gasteiger partial charge in [-0.2, -0.15) is 0 Å². The van der Waals surface area contributed by atoms with Crippen LogP contribution < -0.4 is 14.4 Å². The van der Waals surface area contributed by atoms with Crippen LogP contribution in [0.15, 0.2) is 71.6 Å². The molecule has 2 amide bonds. The summed E-state index contributed by atoms with van der Waals surface area (Å²) in [4.78, 5) is 28.2. The van der Waals surface area contributed by atoms with Gasteiger partial charge in [-0.05, 0) is 87.7 Å². The van der Waals surface area contributed by atoms with Gasteiger partial charge in [-0.1, -0.05) is 35.9 Å². The van der Waals surface area contributed by atoms with E-state index in [2.05, 4.69) is 5.32 Å². The minimum atomic E-state index is -4.10. The number of amides is 2. The Morgan fingerprint density at radius 2 is 1.49 bits per heavy atom. The molecule has 1 atom stereocenters. The van der Waals surface area contributed by atoms with Crippen molar-refractivity contribution in [3.63, 3.8) is 0 Å². The average molecular weight is 552 g/mol. The van der Waals surface area contributed by atoms with Crippen LogP contribution in [0.1, 0.15) is 36.1 Å². The molecule has 0 saturated carbocycles. The lowest BCUT2D eigenvalue weighted by Crippen LogP contribution is -2.51. The highest BCUT2D eigenvalue weighted by atomic mass is 32.2. The Bertz CT molecular complexity index is 1380. The molecular weight excluding hydrogens is 514 g/mol. The summed E-state index contributed by atoms with van der Waals surface area (Å²) in [6.45, 7) is 9.12. The van der Waals surface area contributed by atoms with Crippen molar-refractivity contribution in [2.75, 3.05) is 24.5 Å². The fourth-order valence-electron chi connectivity index (χ4n) is 4.29. The minimum absolute atomic E-state index is 0.0820. The summed E-state index contributed by atoms with van der Waals surface area (Å²) in [5, 5.41) is 2.76. The van der Waals surface area contributed by atoms with Crippen LogP contribution in [0.25, 0.3) is 0 Å². The van der Waals surface area contributed by atoms with E-state index in [4.69, 9.17) is 4.74 Å². The number of benzene rings is 3. The van der Waals surface area contributed by atoms with Crippen molar-refractivity contribution in [3.8, 4) is 5.75 Å². The smallest absolute Gasteiger partial charge is 0.264 e. The third-order valence-corrected chi connectivity index (χ3v) is 8.20. The number of nitrogens with one attached hydrogen (secondary N) is 1. The molecule has 9 heteroatoms. The SMILES string of the molecule is CCNC(=O)[C@@H](C)N(Cc1ccc(OC)cc1)C(=O)CN(c1cc(C)cc(C)c1)S(=O)(=O)c1ccc(C)cc1. The second-order valence-electron chi connectivity index (χ2n) is 9.61. The van der Waals surface area contributed by atoms with E-state index in [0.29, 0.717) is 18.0 Å². The first kappa shape index (κ1) is 29.7. The number of rotatable bonds is 11. The number of nitrogens with zero attached hydrogens (tertiary/aromatic N) is 2. The van der Waals surface area contributed by atoms with Gasteiger partial charge in [-0.25, -0.2) is 8.42 Å². The Morgan fingerprint density at radius 1 is 0.897 bits per heavy atom. The lowest BCUT2D eigenvalue weighted by molar-refractivity contribution is -0.139. The summed E-state index contributed by atoms with van der Waals surface area (Å²) in [6, 6.07) is 18.3. The van der Waals surface area contributed by atoms with Gasteiger partial charge < -0.3 is 15.0 Å². The maximum atomic E-state index is 13.9. The zero-order valence-corrected chi connectivity index (χ0v) is 24.2. The highest BCUT2D eigenvalue weighted by Crippen LogP contribution is 2.27. The number of ether oxygens (including phenoxy) is 1. The Kier molecular flexibility index (Phi) is 9.75. The first-order valence-electron chi connectivity index (χ1n) is 12.8. The highest BCUT2D eigenvalue weighted by molar-refractivity contribution is 7.92. The number of hydrogen-bond donors (Lipinski definition) is 1. The molecule has 0 heterocycles. The molecule has 3 rings (SSSR count). The third-order valence-electron chi connectivity index (χ3n) is 6.41. The molecule has 3 aromatic rings. The summed E-state index contributed by atoms with van der Waals surface area (Å²) in [6.07, 6.45) is 0. The molecule has 0 aromatic heterocycles. The van der Waals surface area contributed by atoms with Crippen molar-refractivity contribution >= 4 is 27.5 Å². The molecule has 3 aromatic carbocycles. The molecule has 0 radical (unpaired) electrons. The largest absolute Gasteiger partial charge is 0.497 e. The Morgan fingerprint density at radius 3 is 2.03 bits per heavy atom. The Hall–Kier alpha value is -3.85. The predicted octanol–water partition coefficient (Wildman–Crippen LogP) is 4.37. The van der Waals surface area contributed by atoms with Gasteiger partial charge in [0.1, 0.15) is 18.3 Å². The molecule has 0 bridgehead atoms. The molecule has 0 unspecified atom stereocenters. The van der Waals surface area contributed by atoms with Crippen molar-refractivity contribution in [2.45, 2.75) is 52.1 Å². The number of methoxy groups -OCH3 is 1. The Balaban J connectivity index is 2.05. The standard InChI is InChI=1S/C30H37N3O5S/c1-7-31-30(35)24(5)32(19-25-10-12-27(38-6)13-11-25)29(34)20-33(26-17-22(3)16-23(4)18-26)39(36,37)28-14-8-21(2)9-15-28/h8-18,24H,7,19-20H2,1-6H3,(H,31,35)/t24-/m1/s1. The van der Waals surface area contributed by atoms with E-state index in [1.807, 2.05) is 39.0 Å². The molecular formula is C30H37N3O5S. The monoisotopic (exact) mass is 551 g/mol. The molecule has 0 saturated heterocycles. The molecule has 208 valence electrons. The van der Waals surface area contributed by atoms with E-state index in [-0.39, 0.29) is 17.3 Å². The van der Waals surface area contributed by atoms with Crippen molar-refractivity contribution in [1.29, 1.82) is 0 Å². The topological polar surface area (TPSA) is 96.0 Å². The maximum absolute atomic E-state index is 13.9. The highest BCUT2D eigenvalue weighted by Gasteiger charge is 2.32. The van der Waals surface area contributed by atoms with Gasteiger partial charge in [0.2, 0.25) is 11.8 Å². The van der Waals surface area contributed by atoms with E-state index in [1.54, 1.807) is 57.4 Å². The predicted molar refractivity (Wildman–Crippen MR) is 153 cm³/mol. The summed E-state index contributed by atoms with van der Waals surface area (Å²) in [5.41, 5.74) is 3.82. The third kappa shape index (κ3) is 7.38. The lowest BCUT2D eigenvalue weighted by atomic mass is 10.1. The van der Waals surface area contributed by atoms with E-state index >= 15 is 0 Å². The number of aryl methyl sites for hydroxylation is 3. The van der Waals surface area contributed by atoms with Gasteiger partial charge in [0, 0.05) is 13.1 Å². The van der Waals surface area contributed by atoms with Crippen LogP contribution in [-0.4, -0.2) is 51.4 Å². The van der Waals surface area contributed by atoms with Gasteiger partial charge in [0.25, 0.3) is 10.0 Å². The van der Waals surface area contributed by atoms with Crippen LogP contribution in [0.3, 0.4) is 0 Å². The fourth-order valence-corrected chi connectivity index (χ4v) is 5.69. The molecule has 0 aliphatic rings. The normalized spacial score (nSPS) is 11.9. The van der Waals surface area contributed by atoms with E-state index in [1.165, 1.54) is 17.0 Å². The molecule has 0 spiro atoms. The number of carbonyl (C=O) groups excluding carboxylic acids is 2. The van der Waals surface area contributed by atoms with Crippen LogP contribution in [-0.2, 0) is 26.2 Å². The van der Waals surface area contributed by atoms with Gasteiger partial charge >= 0.3 is 0 Å². The number of hydrogen-bond acceptors (Lipinski definition) is 5. The van der Waals surface area contributed by atoms with Crippen LogP contribution in [0.4, 0.5) is 5.69 Å². The van der Waals surface area contributed by atoms with E-state index in [9.17, 15) is 18.0 Å². The van der Waals surface area contributed by atoms with Gasteiger partial charge in [0.15, 0.2) is 0 Å². The van der Waals surface area contributed by atoms with Gasteiger partial charge in [0.05, 0.1) is 17.7 Å². The second-order valence-corrected chi connectivity index (χ2v) is 11.5. The second kappa shape index (κ2) is 12.8. The zero-order chi connectivity index (χ0) is 28.7. The fraction of sp³-hybridized carbons (Fsp3) is 0.333. The molecule has 8 nitrogen and oxygen atoms in total. The van der Waals surface area contributed by atoms with Gasteiger partial charge in [-0.15, -0.1) is 0 Å². The quantitative estimate of drug-likeness (QED) is 0.382. The maximum Gasteiger partial charge on any atom is 0.264 e. The van der Waals surface area contributed by atoms with Gasteiger partial charge in [-0.3, -0.25) is 13.9 Å². The van der Waals surface area contributed by atoms with Crippen LogP contribution in [0.5, 0.6) is 5.75 Å². The lowest BCUT2D eigenvalue weighted by Gasteiger charge is -2.32. The first-order chi connectivity index (χ1) is 18.5. The number of likely N-dealkylation sites (N-methyl/N-ethyl adjacent to an activating group) is 1.